The van der Waals surface area contributed by atoms with E-state index >= 15 is 0 Å². The zero-order chi connectivity index (χ0) is 21.9. The van der Waals surface area contributed by atoms with Crippen molar-refractivity contribution in [3.8, 4) is 0 Å². The molecule has 1 fully saturated rings. The van der Waals surface area contributed by atoms with Crippen LogP contribution >= 0.6 is 0 Å². The summed E-state index contributed by atoms with van der Waals surface area (Å²) in [5.41, 5.74) is 3.22. The third-order valence-electron chi connectivity index (χ3n) is 5.74. The van der Waals surface area contributed by atoms with Gasteiger partial charge in [0.15, 0.2) is 0 Å². The molecule has 0 spiro atoms. The second-order valence-corrected chi connectivity index (χ2v) is 8.24. The quantitative estimate of drug-likeness (QED) is 0.463. The third-order valence-corrected chi connectivity index (χ3v) is 5.74. The summed E-state index contributed by atoms with van der Waals surface area (Å²) >= 11 is 0. The predicted molar refractivity (Wildman–Crippen MR) is 124 cm³/mol. The lowest BCUT2D eigenvalue weighted by Gasteiger charge is -2.13. The maximum absolute atomic E-state index is 13.1. The van der Waals surface area contributed by atoms with Crippen LogP contribution in [-0.4, -0.2) is 21.4 Å². The van der Waals surface area contributed by atoms with Crippen LogP contribution in [0.5, 0.6) is 0 Å². The molecule has 32 heavy (non-hydrogen) atoms. The van der Waals surface area contributed by atoms with E-state index in [4.69, 9.17) is 0 Å². The highest BCUT2D eigenvalue weighted by Gasteiger charge is 2.30. The van der Waals surface area contributed by atoms with Gasteiger partial charge < -0.3 is 15.2 Å². The highest BCUT2D eigenvalue weighted by Crippen LogP contribution is 2.32. The average Bonchev–Trinajstić information content (AvgIpc) is 3.55. The first-order chi connectivity index (χ1) is 15.7. The van der Waals surface area contributed by atoms with E-state index < -0.39 is 0 Å². The van der Waals surface area contributed by atoms with Gasteiger partial charge in [-0.15, -0.1) is 0 Å². The van der Waals surface area contributed by atoms with Gasteiger partial charge in [0, 0.05) is 31.4 Å². The van der Waals surface area contributed by atoms with E-state index in [2.05, 4.69) is 27.8 Å². The van der Waals surface area contributed by atoms with E-state index in [0.717, 1.165) is 41.3 Å². The van der Waals surface area contributed by atoms with Gasteiger partial charge in [-0.05, 0) is 46.9 Å². The Balaban J connectivity index is 1.30. The molecule has 6 heteroatoms. The number of nitrogens with zero attached hydrogens (tertiary/aromatic N) is 2. The number of nitrogens with one attached hydrogen (secondary N) is 2. The Hall–Kier alpha value is -3.93. The summed E-state index contributed by atoms with van der Waals surface area (Å²) < 4.78 is 2.01. The Morgan fingerprint density at radius 2 is 1.69 bits per heavy atom. The summed E-state index contributed by atoms with van der Waals surface area (Å²) in [5, 5.41) is 7.92. The van der Waals surface area contributed by atoms with Crippen molar-refractivity contribution < 1.29 is 9.59 Å². The molecule has 4 aromatic rings. The minimum Gasteiger partial charge on any atom is -0.348 e. The smallest absolute Gasteiger partial charge is 0.253 e. The Morgan fingerprint density at radius 1 is 0.969 bits per heavy atom. The molecule has 0 aliphatic heterocycles. The molecule has 0 saturated heterocycles. The number of rotatable bonds is 7. The molecule has 0 unspecified atom stereocenters. The van der Waals surface area contributed by atoms with Crippen LogP contribution in [0.2, 0.25) is 0 Å². The Bertz CT molecular complexity index is 1260. The molecular weight excluding hydrogens is 400 g/mol. The molecule has 1 aliphatic carbocycles. The van der Waals surface area contributed by atoms with Gasteiger partial charge in [0.1, 0.15) is 0 Å². The molecule has 2 N–H and O–H groups in total. The lowest BCUT2D eigenvalue weighted by Crippen LogP contribution is -2.25. The standard InChI is InChI=1S/C26H24N4O2/c31-25(20-9-10-20)29-24-14-22-4-2-1-3-21(22)13-23(24)26(32)28-15-18-5-7-19(8-6-18)16-30-12-11-27-17-30/h1-8,11-14,17,20H,9-10,15-16H2,(H,28,32)(H,29,31). The maximum Gasteiger partial charge on any atom is 0.253 e. The van der Waals surface area contributed by atoms with Gasteiger partial charge in [-0.2, -0.15) is 0 Å². The van der Waals surface area contributed by atoms with Crippen molar-refractivity contribution in [2.75, 3.05) is 5.32 Å². The van der Waals surface area contributed by atoms with Crippen molar-refractivity contribution in [1.29, 1.82) is 0 Å². The van der Waals surface area contributed by atoms with Crippen LogP contribution in [-0.2, 0) is 17.9 Å². The average molecular weight is 425 g/mol. The van der Waals surface area contributed by atoms with Crippen molar-refractivity contribution in [2.24, 2.45) is 5.92 Å². The van der Waals surface area contributed by atoms with Gasteiger partial charge >= 0.3 is 0 Å². The predicted octanol–water partition coefficient (Wildman–Crippen LogP) is 4.36. The molecule has 5 rings (SSSR count). The number of amides is 2. The van der Waals surface area contributed by atoms with E-state index in [1.807, 2.05) is 59.3 Å². The van der Waals surface area contributed by atoms with Gasteiger partial charge in [0.25, 0.3) is 5.91 Å². The lowest BCUT2D eigenvalue weighted by atomic mass is 10.0. The Morgan fingerprint density at radius 3 is 2.38 bits per heavy atom. The molecule has 1 heterocycles. The molecule has 0 radical (unpaired) electrons. The van der Waals surface area contributed by atoms with Gasteiger partial charge in [-0.25, -0.2) is 4.98 Å². The lowest BCUT2D eigenvalue weighted by molar-refractivity contribution is -0.117. The van der Waals surface area contributed by atoms with Gasteiger partial charge in [0.2, 0.25) is 5.91 Å². The number of benzene rings is 3. The molecule has 0 atom stereocenters. The van der Waals surface area contributed by atoms with E-state index in [1.165, 1.54) is 0 Å². The number of hydrogen-bond donors (Lipinski definition) is 2. The molecule has 6 nitrogen and oxygen atoms in total. The fourth-order valence-electron chi connectivity index (χ4n) is 3.74. The summed E-state index contributed by atoms with van der Waals surface area (Å²) in [4.78, 5) is 29.5. The van der Waals surface area contributed by atoms with E-state index in [0.29, 0.717) is 17.8 Å². The summed E-state index contributed by atoms with van der Waals surface area (Å²) in [6, 6.07) is 19.7. The molecule has 2 amide bonds. The topological polar surface area (TPSA) is 76.0 Å². The fraction of sp³-hybridized carbons (Fsp3) is 0.192. The normalized spacial score (nSPS) is 13.1. The molecule has 160 valence electrons. The number of anilines is 1. The zero-order valence-corrected chi connectivity index (χ0v) is 17.6. The third kappa shape index (κ3) is 4.54. The van der Waals surface area contributed by atoms with Crippen molar-refractivity contribution >= 4 is 28.3 Å². The number of carbonyl (C=O) groups is 2. The maximum atomic E-state index is 13.1. The monoisotopic (exact) mass is 424 g/mol. The fourth-order valence-corrected chi connectivity index (χ4v) is 3.74. The summed E-state index contributed by atoms with van der Waals surface area (Å²) in [7, 11) is 0. The van der Waals surface area contributed by atoms with Gasteiger partial charge in [-0.1, -0.05) is 48.5 Å². The molecule has 0 bridgehead atoms. The van der Waals surface area contributed by atoms with Crippen LogP contribution in [0, 0.1) is 5.92 Å². The molecule has 1 aliphatic rings. The van der Waals surface area contributed by atoms with Crippen molar-refractivity contribution in [3.63, 3.8) is 0 Å². The number of carbonyl (C=O) groups excluding carboxylic acids is 2. The number of fused-ring (bicyclic) bond motifs is 1. The Kier molecular flexibility index (Phi) is 5.42. The second kappa shape index (κ2) is 8.67. The van der Waals surface area contributed by atoms with Gasteiger partial charge in [-0.3, -0.25) is 9.59 Å². The second-order valence-electron chi connectivity index (χ2n) is 8.24. The van der Waals surface area contributed by atoms with Crippen molar-refractivity contribution in [3.05, 3.63) is 96.1 Å². The van der Waals surface area contributed by atoms with Crippen LogP contribution in [0.25, 0.3) is 10.8 Å². The van der Waals surface area contributed by atoms with Crippen molar-refractivity contribution in [2.45, 2.75) is 25.9 Å². The highest BCUT2D eigenvalue weighted by atomic mass is 16.2. The van der Waals surface area contributed by atoms with Crippen LogP contribution in [0.4, 0.5) is 5.69 Å². The van der Waals surface area contributed by atoms with E-state index in [1.54, 1.807) is 12.5 Å². The van der Waals surface area contributed by atoms with Crippen LogP contribution < -0.4 is 10.6 Å². The zero-order valence-electron chi connectivity index (χ0n) is 17.6. The first-order valence-corrected chi connectivity index (χ1v) is 10.8. The minimum absolute atomic E-state index is 0.0113. The molecular formula is C26H24N4O2. The first-order valence-electron chi connectivity index (χ1n) is 10.8. The minimum atomic E-state index is -0.204. The molecule has 1 aromatic heterocycles. The number of hydrogen-bond acceptors (Lipinski definition) is 3. The number of imidazole rings is 1. The van der Waals surface area contributed by atoms with Crippen LogP contribution in [0.3, 0.4) is 0 Å². The largest absolute Gasteiger partial charge is 0.348 e. The van der Waals surface area contributed by atoms with Gasteiger partial charge in [0.05, 0.1) is 17.6 Å². The summed E-state index contributed by atoms with van der Waals surface area (Å²) in [6.07, 6.45) is 7.31. The molecule has 3 aromatic carbocycles. The van der Waals surface area contributed by atoms with E-state index in [9.17, 15) is 9.59 Å². The van der Waals surface area contributed by atoms with Crippen LogP contribution in [0.15, 0.2) is 79.4 Å². The summed E-state index contributed by atoms with van der Waals surface area (Å²) in [5.74, 6) is -0.148. The van der Waals surface area contributed by atoms with E-state index in [-0.39, 0.29) is 17.7 Å². The Labute approximate surface area is 186 Å². The highest BCUT2D eigenvalue weighted by molar-refractivity contribution is 6.08. The SMILES string of the molecule is O=C(NCc1ccc(Cn2ccnc2)cc1)c1cc2ccccc2cc1NC(=O)C1CC1. The first kappa shape index (κ1) is 20.0. The number of aromatic nitrogens is 2. The summed E-state index contributed by atoms with van der Waals surface area (Å²) in [6.45, 7) is 1.17. The van der Waals surface area contributed by atoms with Crippen molar-refractivity contribution in [1.82, 2.24) is 14.9 Å². The molecule has 1 saturated carbocycles. The van der Waals surface area contributed by atoms with Crippen LogP contribution in [0.1, 0.15) is 34.3 Å².